The maximum absolute atomic E-state index is 11.4. The van der Waals surface area contributed by atoms with Crippen LogP contribution < -0.4 is 10.6 Å². The third kappa shape index (κ3) is 6.51. The number of aliphatic hydroxyl groups is 1. The lowest BCUT2D eigenvalue weighted by Gasteiger charge is -2.13. The second-order valence-electron chi connectivity index (χ2n) is 4.18. The Kier molecular flexibility index (Phi) is 6.60. The molecule has 0 aliphatic rings. The van der Waals surface area contributed by atoms with E-state index in [1.165, 1.54) is 4.90 Å². The standard InChI is InChI=1S/C13H20N2O2S/c1-10(16)8-14-13(17)15-9-11(2)18-12-6-4-3-5-7-12/h3-7,10-11,16H,8-9H2,1-2H3,(H2,14,15,17)/t10-,11-/m0/s1. The molecule has 0 unspecified atom stereocenters. The minimum absolute atomic E-state index is 0.239. The van der Waals surface area contributed by atoms with E-state index in [2.05, 4.69) is 29.7 Å². The Morgan fingerprint density at radius 2 is 1.83 bits per heavy atom. The fraction of sp³-hybridized carbons (Fsp3) is 0.462. The third-order valence-corrected chi connectivity index (χ3v) is 3.30. The first-order valence-corrected chi connectivity index (χ1v) is 6.87. The molecule has 0 radical (unpaired) electrons. The molecule has 100 valence electrons. The lowest BCUT2D eigenvalue weighted by molar-refractivity contribution is 0.187. The Bertz CT molecular complexity index is 357. The Labute approximate surface area is 112 Å². The van der Waals surface area contributed by atoms with Gasteiger partial charge in [-0.3, -0.25) is 0 Å². The van der Waals surface area contributed by atoms with Crippen LogP contribution in [0.1, 0.15) is 13.8 Å². The van der Waals surface area contributed by atoms with Gasteiger partial charge >= 0.3 is 6.03 Å². The van der Waals surface area contributed by atoms with Gasteiger partial charge in [-0.25, -0.2) is 4.79 Å². The van der Waals surface area contributed by atoms with Gasteiger partial charge in [0.25, 0.3) is 0 Å². The van der Waals surface area contributed by atoms with Crippen LogP contribution in [0.3, 0.4) is 0 Å². The van der Waals surface area contributed by atoms with Crippen LogP contribution in [0.5, 0.6) is 0 Å². The monoisotopic (exact) mass is 268 g/mol. The van der Waals surface area contributed by atoms with Crippen LogP contribution in [-0.2, 0) is 0 Å². The summed E-state index contributed by atoms with van der Waals surface area (Å²) < 4.78 is 0. The largest absolute Gasteiger partial charge is 0.392 e. The van der Waals surface area contributed by atoms with Crippen molar-refractivity contribution in [2.75, 3.05) is 13.1 Å². The van der Waals surface area contributed by atoms with E-state index in [9.17, 15) is 4.79 Å². The van der Waals surface area contributed by atoms with Crippen molar-refractivity contribution in [1.82, 2.24) is 10.6 Å². The number of thioether (sulfide) groups is 1. The van der Waals surface area contributed by atoms with E-state index in [1.54, 1.807) is 18.7 Å². The molecule has 1 aromatic rings. The van der Waals surface area contributed by atoms with Gasteiger partial charge in [-0.2, -0.15) is 0 Å². The number of nitrogens with one attached hydrogen (secondary N) is 2. The van der Waals surface area contributed by atoms with Crippen molar-refractivity contribution in [1.29, 1.82) is 0 Å². The van der Waals surface area contributed by atoms with Crippen LogP contribution in [0, 0.1) is 0 Å². The molecule has 0 spiro atoms. The molecule has 2 atom stereocenters. The van der Waals surface area contributed by atoms with E-state index >= 15 is 0 Å². The van der Waals surface area contributed by atoms with Gasteiger partial charge in [0.1, 0.15) is 0 Å². The minimum atomic E-state index is -0.521. The normalized spacial score (nSPS) is 13.7. The highest BCUT2D eigenvalue weighted by atomic mass is 32.2. The summed E-state index contributed by atoms with van der Waals surface area (Å²) in [6.07, 6.45) is -0.521. The minimum Gasteiger partial charge on any atom is -0.392 e. The SMILES string of the molecule is C[C@H](O)CNC(=O)NC[C@H](C)Sc1ccccc1. The van der Waals surface area contributed by atoms with E-state index in [-0.39, 0.29) is 12.6 Å². The Balaban J connectivity index is 2.21. The van der Waals surface area contributed by atoms with Gasteiger partial charge in [0, 0.05) is 23.2 Å². The second kappa shape index (κ2) is 8.00. The predicted molar refractivity (Wildman–Crippen MR) is 74.8 cm³/mol. The summed E-state index contributed by atoms with van der Waals surface area (Å²) in [4.78, 5) is 12.6. The number of hydrogen-bond donors (Lipinski definition) is 3. The van der Waals surface area contributed by atoms with Crippen molar-refractivity contribution in [3.8, 4) is 0 Å². The molecule has 0 saturated heterocycles. The summed E-state index contributed by atoms with van der Waals surface area (Å²) in [5, 5.41) is 14.7. The fourth-order valence-electron chi connectivity index (χ4n) is 1.31. The molecule has 3 N–H and O–H groups in total. The lowest BCUT2D eigenvalue weighted by atomic mass is 10.4. The number of aliphatic hydroxyl groups excluding tert-OH is 1. The highest BCUT2D eigenvalue weighted by Crippen LogP contribution is 2.21. The summed E-state index contributed by atoms with van der Waals surface area (Å²) in [6, 6.07) is 9.84. The average molecular weight is 268 g/mol. The molecule has 0 aromatic heterocycles. The van der Waals surface area contributed by atoms with Gasteiger partial charge in [0.15, 0.2) is 0 Å². The Morgan fingerprint density at radius 3 is 2.44 bits per heavy atom. The molecule has 0 aliphatic heterocycles. The Morgan fingerprint density at radius 1 is 1.22 bits per heavy atom. The molecule has 1 aromatic carbocycles. The van der Waals surface area contributed by atoms with E-state index in [0.29, 0.717) is 11.8 Å². The van der Waals surface area contributed by atoms with Crippen molar-refractivity contribution in [2.24, 2.45) is 0 Å². The Hall–Kier alpha value is -1.20. The highest BCUT2D eigenvalue weighted by molar-refractivity contribution is 8.00. The first kappa shape index (κ1) is 14.9. The van der Waals surface area contributed by atoms with Gasteiger partial charge in [0.2, 0.25) is 0 Å². The number of rotatable bonds is 6. The lowest BCUT2D eigenvalue weighted by Crippen LogP contribution is -2.41. The summed E-state index contributed by atoms with van der Waals surface area (Å²) >= 11 is 1.72. The van der Waals surface area contributed by atoms with Crippen molar-refractivity contribution in [3.05, 3.63) is 30.3 Å². The maximum Gasteiger partial charge on any atom is 0.314 e. The van der Waals surface area contributed by atoms with Gasteiger partial charge < -0.3 is 15.7 Å². The second-order valence-corrected chi connectivity index (χ2v) is 5.69. The average Bonchev–Trinajstić information content (AvgIpc) is 2.35. The summed E-state index contributed by atoms with van der Waals surface area (Å²) in [7, 11) is 0. The van der Waals surface area contributed by atoms with Gasteiger partial charge in [0.05, 0.1) is 6.10 Å². The highest BCUT2D eigenvalue weighted by Gasteiger charge is 2.07. The molecule has 0 fully saturated rings. The first-order valence-electron chi connectivity index (χ1n) is 5.99. The number of carbonyl (C=O) groups excluding carboxylic acids is 1. The molecule has 0 heterocycles. The molecule has 0 saturated carbocycles. The number of benzene rings is 1. The molecule has 2 amide bonds. The summed E-state index contributed by atoms with van der Waals surface area (Å²) in [5.74, 6) is 0. The summed E-state index contributed by atoms with van der Waals surface area (Å²) in [5.41, 5.74) is 0. The van der Waals surface area contributed by atoms with Crippen LogP contribution in [0.25, 0.3) is 0 Å². The maximum atomic E-state index is 11.4. The van der Waals surface area contributed by atoms with Gasteiger partial charge in [-0.15, -0.1) is 11.8 Å². The zero-order valence-corrected chi connectivity index (χ0v) is 11.5. The molecule has 0 aliphatic carbocycles. The quantitative estimate of drug-likeness (QED) is 0.690. The zero-order chi connectivity index (χ0) is 13.4. The van der Waals surface area contributed by atoms with E-state index < -0.39 is 6.10 Å². The predicted octanol–water partition coefficient (Wildman–Crippen LogP) is 1.85. The van der Waals surface area contributed by atoms with Crippen LogP contribution in [0.4, 0.5) is 4.79 Å². The van der Waals surface area contributed by atoms with E-state index in [1.807, 2.05) is 18.2 Å². The van der Waals surface area contributed by atoms with Crippen molar-refractivity contribution in [2.45, 2.75) is 30.1 Å². The first-order chi connectivity index (χ1) is 8.58. The molecule has 0 bridgehead atoms. The van der Waals surface area contributed by atoms with E-state index in [0.717, 1.165) is 0 Å². The number of urea groups is 1. The fourth-order valence-corrected chi connectivity index (χ4v) is 2.26. The van der Waals surface area contributed by atoms with E-state index in [4.69, 9.17) is 5.11 Å². The van der Waals surface area contributed by atoms with Crippen molar-refractivity contribution in [3.63, 3.8) is 0 Å². The van der Waals surface area contributed by atoms with Crippen molar-refractivity contribution < 1.29 is 9.90 Å². The molecule has 18 heavy (non-hydrogen) atoms. The topological polar surface area (TPSA) is 61.4 Å². The summed E-state index contributed by atoms with van der Waals surface area (Å²) in [6.45, 7) is 4.55. The number of carbonyl (C=O) groups is 1. The molecule has 1 rings (SSSR count). The molecular formula is C13H20N2O2S. The zero-order valence-electron chi connectivity index (χ0n) is 10.7. The van der Waals surface area contributed by atoms with Crippen LogP contribution >= 0.6 is 11.8 Å². The molecular weight excluding hydrogens is 248 g/mol. The molecule has 4 nitrogen and oxygen atoms in total. The van der Waals surface area contributed by atoms with Gasteiger partial charge in [-0.05, 0) is 19.1 Å². The molecule has 5 heteroatoms. The third-order valence-electron chi connectivity index (χ3n) is 2.19. The van der Waals surface area contributed by atoms with Crippen molar-refractivity contribution >= 4 is 17.8 Å². The van der Waals surface area contributed by atoms with Crippen LogP contribution in [-0.4, -0.2) is 35.6 Å². The smallest absolute Gasteiger partial charge is 0.314 e. The number of hydrogen-bond acceptors (Lipinski definition) is 3. The number of amides is 2. The van der Waals surface area contributed by atoms with Crippen LogP contribution in [0.15, 0.2) is 35.2 Å². The van der Waals surface area contributed by atoms with Gasteiger partial charge in [-0.1, -0.05) is 25.1 Å². The van der Waals surface area contributed by atoms with Crippen LogP contribution in [0.2, 0.25) is 0 Å².